The molecule has 1 fully saturated rings. The summed E-state index contributed by atoms with van der Waals surface area (Å²) in [5.74, 6) is -0.0704. The lowest BCUT2D eigenvalue weighted by atomic mass is 10.1. The Morgan fingerprint density at radius 2 is 2.15 bits per heavy atom. The summed E-state index contributed by atoms with van der Waals surface area (Å²) in [6.45, 7) is 4.88. The van der Waals surface area contributed by atoms with Gasteiger partial charge in [-0.25, -0.2) is 0 Å². The minimum Gasteiger partial charge on any atom is -0.504 e. The molecule has 2 N–H and O–H groups in total. The number of methoxy groups -OCH3 is 1. The number of nitrogens with zero attached hydrogens (tertiary/aromatic N) is 1. The van der Waals surface area contributed by atoms with E-state index in [4.69, 9.17) is 4.74 Å². The van der Waals surface area contributed by atoms with Gasteiger partial charge in [-0.15, -0.1) is 0 Å². The Labute approximate surface area is 119 Å². The molecule has 1 aromatic rings. The van der Waals surface area contributed by atoms with Crippen molar-refractivity contribution in [1.82, 2.24) is 10.2 Å². The third-order valence-corrected chi connectivity index (χ3v) is 3.79. The lowest BCUT2D eigenvalue weighted by molar-refractivity contribution is 0.0937. The van der Waals surface area contributed by atoms with Gasteiger partial charge in [-0.05, 0) is 45.0 Å². The molecule has 1 amide bonds. The summed E-state index contributed by atoms with van der Waals surface area (Å²) in [5, 5.41) is 12.8. The minimum atomic E-state index is -0.271. The number of amides is 1. The Morgan fingerprint density at radius 1 is 1.45 bits per heavy atom. The first kappa shape index (κ1) is 14.7. The van der Waals surface area contributed by atoms with Crippen LogP contribution in [0.1, 0.15) is 30.1 Å². The average molecular weight is 278 g/mol. The maximum atomic E-state index is 12.1. The first-order valence-corrected chi connectivity index (χ1v) is 7.01. The van der Waals surface area contributed by atoms with Crippen LogP contribution in [0.5, 0.6) is 11.5 Å². The molecule has 110 valence electrons. The number of rotatable bonds is 5. The largest absolute Gasteiger partial charge is 0.504 e. The Morgan fingerprint density at radius 3 is 2.80 bits per heavy atom. The van der Waals surface area contributed by atoms with Crippen molar-refractivity contribution in [3.8, 4) is 11.5 Å². The van der Waals surface area contributed by atoms with Crippen molar-refractivity contribution in [2.45, 2.75) is 25.8 Å². The van der Waals surface area contributed by atoms with E-state index in [9.17, 15) is 9.90 Å². The molecule has 0 aromatic heterocycles. The summed E-state index contributed by atoms with van der Waals surface area (Å²) < 4.78 is 5.00. The van der Waals surface area contributed by atoms with Crippen LogP contribution >= 0.6 is 0 Å². The van der Waals surface area contributed by atoms with E-state index in [-0.39, 0.29) is 17.2 Å². The van der Waals surface area contributed by atoms with E-state index in [2.05, 4.69) is 17.1 Å². The van der Waals surface area contributed by atoms with Gasteiger partial charge in [0, 0.05) is 12.6 Å². The van der Waals surface area contributed by atoms with Crippen LogP contribution in [-0.4, -0.2) is 48.7 Å². The highest BCUT2D eigenvalue weighted by molar-refractivity contribution is 5.97. The van der Waals surface area contributed by atoms with Crippen molar-refractivity contribution >= 4 is 5.91 Å². The summed E-state index contributed by atoms with van der Waals surface area (Å²) in [5.41, 5.74) is 0.248. The van der Waals surface area contributed by atoms with Crippen LogP contribution in [0.15, 0.2) is 18.2 Å². The highest BCUT2D eigenvalue weighted by Gasteiger charge is 2.20. The number of nitrogens with one attached hydrogen (secondary N) is 1. The molecule has 0 spiro atoms. The monoisotopic (exact) mass is 278 g/mol. The SMILES string of the molecule is COc1cccc(C(=O)NCC(C)N2CCCC2)c1O. The lowest BCUT2D eigenvalue weighted by Crippen LogP contribution is -2.40. The lowest BCUT2D eigenvalue weighted by Gasteiger charge is -2.23. The van der Waals surface area contributed by atoms with Crippen molar-refractivity contribution in [1.29, 1.82) is 0 Å². The van der Waals surface area contributed by atoms with E-state index >= 15 is 0 Å². The standard InChI is InChI=1S/C15H22N2O3/c1-11(17-8-3-4-9-17)10-16-15(19)12-6-5-7-13(20-2)14(12)18/h5-7,11,18H,3-4,8-10H2,1-2H3,(H,16,19). The molecular formula is C15H22N2O3. The fraction of sp³-hybridized carbons (Fsp3) is 0.533. The summed E-state index contributed by atoms with van der Waals surface area (Å²) >= 11 is 0. The molecule has 20 heavy (non-hydrogen) atoms. The fourth-order valence-electron chi connectivity index (χ4n) is 2.52. The number of benzene rings is 1. The molecule has 1 aliphatic heterocycles. The van der Waals surface area contributed by atoms with Crippen LogP contribution < -0.4 is 10.1 Å². The van der Waals surface area contributed by atoms with Gasteiger partial charge in [0.15, 0.2) is 11.5 Å². The fourth-order valence-corrected chi connectivity index (χ4v) is 2.52. The topological polar surface area (TPSA) is 61.8 Å². The van der Waals surface area contributed by atoms with Gasteiger partial charge in [-0.3, -0.25) is 9.69 Å². The molecule has 1 aromatic carbocycles. The van der Waals surface area contributed by atoms with E-state index in [1.807, 2.05) is 0 Å². The molecule has 1 heterocycles. The third kappa shape index (κ3) is 3.22. The van der Waals surface area contributed by atoms with Gasteiger partial charge >= 0.3 is 0 Å². The number of hydrogen-bond acceptors (Lipinski definition) is 4. The summed E-state index contributed by atoms with van der Waals surface area (Å²) in [6.07, 6.45) is 2.46. The molecule has 0 saturated carbocycles. The molecule has 0 radical (unpaired) electrons. The second-order valence-corrected chi connectivity index (χ2v) is 5.16. The molecule has 1 unspecified atom stereocenters. The average Bonchev–Trinajstić information content (AvgIpc) is 2.99. The number of phenols is 1. The molecular weight excluding hydrogens is 256 g/mol. The zero-order valence-corrected chi connectivity index (χ0v) is 12.1. The smallest absolute Gasteiger partial charge is 0.255 e. The molecule has 1 saturated heterocycles. The number of phenolic OH excluding ortho intramolecular Hbond substituents is 1. The first-order chi connectivity index (χ1) is 9.63. The number of carbonyl (C=O) groups is 1. The molecule has 1 aliphatic rings. The van der Waals surface area contributed by atoms with Crippen molar-refractivity contribution in [3.63, 3.8) is 0 Å². The van der Waals surface area contributed by atoms with Gasteiger partial charge in [-0.1, -0.05) is 6.07 Å². The number of aromatic hydroxyl groups is 1. The highest BCUT2D eigenvalue weighted by Crippen LogP contribution is 2.29. The maximum Gasteiger partial charge on any atom is 0.255 e. The Hall–Kier alpha value is -1.75. The number of likely N-dealkylation sites (tertiary alicyclic amines) is 1. The summed E-state index contributed by atoms with van der Waals surface area (Å²) in [6, 6.07) is 5.22. The van der Waals surface area contributed by atoms with Crippen LogP contribution in [0.25, 0.3) is 0 Å². The third-order valence-electron chi connectivity index (χ3n) is 3.79. The highest BCUT2D eigenvalue weighted by atomic mass is 16.5. The van der Waals surface area contributed by atoms with Crippen LogP contribution in [0.2, 0.25) is 0 Å². The van der Waals surface area contributed by atoms with Crippen LogP contribution in [-0.2, 0) is 0 Å². The number of hydrogen-bond donors (Lipinski definition) is 2. The first-order valence-electron chi connectivity index (χ1n) is 7.01. The van der Waals surface area contributed by atoms with Crippen LogP contribution in [0.4, 0.5) is 0 Å². The summed E-state index contributed by atoms with van der Waals surface area (Å²) in [7, 11) is 1.46. The Bertz CT molecular complexity index is 470. The molecule has 2 rings (SSSR count). The van der Waals surface area contributed by atoms with Gasteiger partial charge in [-0.2, -0.15) is 0 Å². The second kappa shape index (κ2) is 6.61. The van der Waals surface area contributed by atoms with Gasteiger partial charge in [0.25, 0.3) is 5.91 Å². The second-order valence-electron chi connectivity index (χ2n) is 5.16. The molecule has 1 atom stereocenters. The van der Waals surface area contributed by atoms with Crippen molar-refractivity contribution in [2.24, 2.45) is 0 Å². The van der Waals surface area contributed by atoms with Gasteiger partial charge < -0.3 is 15.2 Å². The quantitative estimate of drug-likeness (QED) is 0.859. The Balaban J connectivity index is 1.94. The van der Waals surface area contributed by atoms with E-state index in [0.29, 0.717) is 18.3 Å². The van der Waals surface area contributed by atoms with E-state index < -0.39 is 0 Å². The van der Waals surface area contributed by atoms with Crippen molar-refractivity contribution in [2.75, 3.05) is 26.7 Å². The van der Waals surface area contributed by atoms with Crippen LogP contribution in [0, 0.1) is 0 Å². The van der Waals surface area contributed by atoms with Gasteiger partial charge in [0.2, 0.25) is 0 Å². The molecule has 5 heteroatoms. The van der Waals surface area contributed by atoms with Crippen molar-refractivity contribution in [3.05, 3.63) is 23.8 Å². The number of carbonyl (C=O) groups excluding carboxylic acids is 1. The zero-order chi connectivity index (χ0) is 14.5. The maximum absolute atomic E-state index is 12.1. The predicted octanol–water partition coefficient (Wildman–Crippen LogP) is 1.61. The normalized spacial score (nSPS) is 16.9. The van der Waals surface area contributed by atoms with E-state index in [1.54, 1.807) is 18.2 Å². The van der Waals surface area contributed by atoms with E-state index in [0.717, 1.165) is 13.1 Å². The minimum absolute atomic E-state index is 0.110. The number of para-hydroxylation sites is 1. The van der Waals surface area contributed by atoms with Crippen molar-refractivity contribution < 1.29 is 14.6 Å². The van der Waals surface area contributed by atoms with Crippen LogP contribution in [0.3, 0.4) is 0 Å². The zero-order valence-electron chi connectivity index (χ0n) is 12.1. The Kier molecular flexibility index (Phi) is 4.84. The number of ether oxygens (including phenoxy) is 1. The molecule has 5 nitrogen and oxygen atoms in total. The van der Waals surface area contributed by atoms with Gasteiger partial charge in [0.05, 0.1) is 12.7 Å². The van der Waals surface area contributed by atoms with E-state index in [1.165, 1.54) is 20.0 Å². The molecule has 0 bridgehead atoms. The van der Waals surface area contributed by atoms with Gasteiger partial charge in [0.1, 0.15) is 0 Å². The summed E-state index contributed by atoms with van der Waals surface area (Å²) in [4.78, 5) is 14.5. The predicted molar refractivity (Wildman–Crippen MR) is 77.3 cm³/mol. The molecule has 0 aliphatic carbocycles.